The van der Waals surface area contributed by atoms with Crippen LogP contribution in [0.1, 0.15) is 12.8 Å². The van der Waals surface area contributed by atoms with Crippen LogP contribution >= 0.6 is 0 Å². The second kappa shape index (κ2) is 4.52. The third-order valence-electron chi connectivity index (χ3n) is 2.54. The van der Waals surface area contributed by atoms with Gasteiger partial charge in [-0.25, -0.2) is 13.1 Å². The van der Waals surface area contributed by atoms with E-state index in [2.05, 4.69) is 9.82 Å². The molecule has 1 aliphatic carbocycles. The van der Waals surface area contributed by atoms with E-state index in [0.29, 0.717) is 25.6 Å². The molecule has 0 saturated heterocycles. The average molecular weight is 244 g/mol. The van der Waals surface area contributed by atoms with E-state index in [1.807, 2.05) is 0 Å². The second-order valence-corrected chi connectivity index (χ2v) is 5.79. The number of hydrogen-bond donors (Lipinski definition) is 2. The van der Waals surface area contributed by atoms with E-state index in [1.54, 1.807) is 0 Å². The van der Waals surface area contributed by atoms with E-state index in [4.69, 9.17) is 5.73 Å². The van der Waals surface area contributed by atoms with Gasteiger partial charge in [0, 0.05) is 19.3 Å². The summed E-state index contributed by atoms with van der Waals surface area (Å²) >= 11 is 0. The van der Waals surface area contributed by atoms with Crippen LogP contribution < -0.4 is 10.5 Å². The van der Waals surface area contributed by atoms with Crippen molar-refractivity contribution in [2.24, 2.45) is 11.7 Å². The number of sulfonamides is 1. The van der Waals surface area contributed by atoms with Crippen molar-refractivity contribution >= 4 is 10.0 Å². The number of hydrogen-bond acceptors (Lipinski definition) is 4. The molecular weight excluding hydrogens is 228 g/mol. The molecule has 6 nitrogen and oxygen atoms in total. The molecule has 1 saturated carbocycles. The number of rotatable bonds is 6. The minimum Gasteiger partial charge on any atom is -0.329 e. The highest BCUT2D eigenvalue weighted by Crippen LogP contribution is 2.28. The van der Waals surface area contributed by atoms with Gasteiger partial charge in [0.05, 0.1) is 12.7 Å². The van der Waals surface area contributed by atoms with Crippen LogP contribution in [-0.2, 0) is 16.6 Å². The maximum absolute atomic E-state index is 11.8. The largest absolute Gasteiger partial charge is 0.329 e. The third-order valence-corrected chi connectivity index (χ3v) is 3.92. The molecule has 1 aromatic heterocycles. The first-order chi connectivity index (χ1) is 7.62. The predicted molar refractivity (Wildman–Crippen MR) is 59.2 cm³/mol. The van der Waals surface area contributed by atoms with Crippen LogP contribution in [0.4, 0.5) is 0 Å². The summed E-state index contributed by atoms with van der Waals surface area (Å²) in [7, 11) is -3.39. The predicted octanol–water partition coefficient (Wildman–Crippen LogP) is -0.470. The Balaban J connectivity index is 2.02. The summed E-state index contributed by atoms with van der Waals surface area (Å²) in [6, 6.07) is 0. The van der Waals surface area contributed by atoms with Crippen molar-refractivity contribution < 1.29 is 8.42 Å². The SMILES string of the molecule is NCCn1cc(S(=O)(=O)NCC2CC2)cn1. The zero-order chi connectivity index (χ0) is 11.6. The van der Waals surface area contributed by atoms with Crippen molar-refractivity contribution in [2.75, 3.05) is 13.1 Å². The van der Waals surface area contributed by atoms with Crippen LogP contribution in [-0.4, -0.2) is 31.3 Å². The standard InChI is InChI=1S/C9H16N4O2S/c10-3-4-13-7-9(6-11-13)16(14,15)12-5-8-1-2-8/h6-8,12H,1-5,10H2. The van der Waals surface area contributed by atoms with Crippen LogP contribution in [0.5, 0.6) is 0 Å². The van der Waals surface area contributed by atoms with E-state index < -0.39 is 10.0 Å². The summed E-state index contributed by atoms with van der Waals surface area (Å²) in [5, 5.41) is 3.93. The summed E-state index contributed by atoms with van der Waals surface area (Å²) in [5.41, 5.74) is 5.36. The first-order valence-electron chi connectivity index (χ1n) is 5.34. The van der Waals surface area contributed by atoms with Gasteiger partial charge in [0.2, 0.25) is 10.0 Å². The fourth-order valence-corrected chi connectivity index (χ4v) is 2.44. The van der Waals surface area contributed by atoms with Gasteiger partial charge in [-0.3, -0.25) is 4.68 Å². The Labute approximate surface area is 94.9 Å². The normalized spacial score (nSPS) is 16.6. The molecule has 0 atom stereocenters. The molecule has 16 heavy (non-hydrogen) atoms. The summed E-state index contributed by atoms with van der Waals surface area (Å²) in [4.78, 5) is 0.210. The molecule has 1 fully saturated rings. The molecule has 2 rings (SSSR count). The smallest absolute Gasteiger partial charge is 0.243 e. The highest BCUT2D eigenvalue weighted by Gasteiger charge is 2.24. The van der Waals surface area contributed by atoms with Crippen LogP contribution in [0.15, 0.2) is 17.3 Å². The lowest BCUT2D eigenvalue weighted by atomic mass is 10.4. The maximum Gasteiger partial charge on any atom is 0.243 e. The minimum absolute atomic E-state index is 0.210. The Bertz CT molecular complexity index is 450. The molecule has 0 amide bonds. The van der Waals surface area contributed by atoms with Gasteiger partial charge in [0.25, 0.3) is 0 Å². The number of nitrogens with two attached hydrogens (primary N) is 1. The van der Waals surface area contributed by atoms with Crippen molar-refractivity contribution in [1.82, 2.24) is 14.5 Å². The van der Waals surface area contributed by atoms with Gasteiger partial charge in [-0.2, -0.15) is 5.10 Å². The van der Waals surface area contributed by atoms with Gasteiger partial charge in [-0.15, -0.1) is 0 Å². The Morgan fingerprint density at radius 2 is 2.31 bits per heavy atom. The monoisotopic (exact) mass is 244 g/mol. The number of nitrogens with zero attached hydrogens (tertiary/aromatic N) is 2. The van der Waals surface area contributed by atoms with Gasteiger partial charge in [0.1, 0.15) is 4.90 Å². The molecule has 0 spiro atoms. The van der Waals surface area contributed by atoms with Crippen LogP contribution in [0.25, 0.3) is 0 Å². The molecule has 0 bridgehead atoms. The van der Waals surface area contributed by atoms with E-state index >= 15 is 0 Å². The zero-order valence-corrected chi connectivity index (χ0v) is 9.78. The van der Waals surface area contributed by atoms with Gasteiger partial charge < -0.3 is 5.73 Å². The molecule has 1 aromatic rings. The maximum atomic E-state index is 11.8. The highest BCUT2D eigenvalue weighted by molar-refractivity contribution is 7.89. The molecule has 1 heterocycles. The van der Waals surface area contributed by atoms with E-state index in [-0.39, 0.29) is 4.90 Å². The third kappa shape index (κ3) is 2.81. The number of nitrogens with one attached hydrogen (secondary N) is 1. The first-order valence-corrected chi connectivity index (χ1v) is 6.82. The van der Waals surface area contributed by atoms with Crippen molar-refractivity contribution in [2.45, 2.75) is 24.3 Å². The van der Waals surface area contributed by atoms with E-state index in [9.17, 15) is 8.42 Å². The first kappa shape index (κ1) is 11.6. The van der Waals surface area contributed by atoms with Gasteiger partial charge in [-0.05, 0) is 18.8 Å². The van der Waals surface area contributed by atoms with Crippen molar-refractivity contribution in [3.8, 4) is 0 Å². The second-order valence-electron chi connectivity index (χ2n) is 4.02. The summed E-state index contributed by atoms with van der Waals surface area (Å²) in [6.07, 6.45) is 5.09. The summed E-state index contributed by atoms with van der Waals surface area (Å²) < 4.78 is 27.7. The van der Waals surface area contributed by atoms with Crippen molar-refractivity contribution in [1.29, 1.82) is 0 Å². The van der Waals surface area contributed by atoms with Crippen LogP contribution in [0, 0.1) is 5.92 Å². The topological polar surface area (TPSA) is 90.0 Å². The molecule has 7 heteroatoms. The number of aromatic nitrogens is 2. The van der Waals surface area contributed by atoms with Crippen LogP contribution in [0.3, 0.4) is 0 Å². The fourth-order valence-electron chi connectivity index (χ4n) is 1.37. The lowest BCUT2D eigenvalue weighted by Gasteiger charge is -2.02. The Hall–Kier alpha value is -0.920. The van der Waals surface area contributed by atoms with Gasteiger partial charge in [0.15, 0.2) is 0 Å². The fraction of sp³-hybridized carbons (Fsp3) is 0.667. The van der Waals surface area contributed by atoms with Gasteiger partial charge >= 0.3 is 0 Å². The zero-order valence-electron chi connectivity index (χ0n) is 8.96. The molecule has 3 N–H and O–H groups in total. The summed E-state index contributed by atoms with van der Waals surface area (Å²) in [5.74, 6) is 0.522. The van der Waals surface area contributed by atoms with Crippen molar-refractivity contribution in [3.63, 3.8) is 0 Å². The Morgan fingerprint density at radius 1 is 1.56 bits per heavy atom. The van der Waals surface area contributed by atoms with Gasteiger partial charge in [-0.1, -0.05) is 0 Å². The highest BCUT2D eigenvalue weighted by atomic mass is 32.2. The molecule has 90 valence electrons. The Morgan fingerprint density at radius 3 is 2.94 bits per heavy atom. The van der Waals surface area contributed by atoms with Crippen LogP contribution in [0.2, 0.25) is 0 Å². The minimum atomic E-state index is -3.39. The molecule has 0 aliphatic heterocycles. The molecular formula is C9H16N4O2S. The van der Waals surface area contributed by atoms with E-state index in [0.717, 1.165) is 12.8 Å². The lowest BCUT2D eigenvalue weighted by Crippen LogP contribution is -2.25. The van der Waals surface area contributed by atoms with Crippen molar-refractivity contribution in [3.05, 3.63) is 12.4 Å². The summed E-state index contributed by atoms with van der Waals surface area (Å²) in [6.45, 7) is 1.50. The Kier molecular flexibility index (Phi) is 3.27. The molecule has 0 unspecified atom stereocenters. The quantitative estimate of drug-likeness (QED) is 0.708. The molecule has 0 aromatic carbocycles. The molecule has 0 radical (unpaired) electrons. The lowest BCUT2D eigenvalue weighted by molar-refractivity contribution is 0.576. The molecule has 1 aliphatic rings. The average Bonchev–Trinajstić information content (AvgIpc) is 2.95. The van der Waals surface area contributed by atoms with E-state index in [1.165, 1.54) is 17.1 Å².